The summed E-state index contributed by atoms with van der Waals surface area (Å²) in [5.74, 6) is -0.0832. The first-order chi connectivity index (χ1) is 10.9. The Labute approximate surface area is 134 Å². The molecule has 1 N–H and O–H groups in total. The Morgan fingerprint density at radius 2 is 2.22 bits per heavy atom. The molecule has 0 radical (unpaired) electrons. The van der Waals surface area contributed by atoms with Crippen LogP contribution in [0.25, 0.3) is 0 Å². The number of alkyl halides is 2. The van der Waals surface area contributed by atoms with Crippen LogP contribution in [0.5, 0.6) is 11.5 Å². The van der Waals surface area contributed by atoms with Crippen molar-refractivity contribution in [3.63, 3.8) is 0 Å². The van der Waals surface area contributed by atoms with Crippen molar-refractivity contribution in [1.29, 1.82) is 0 Å². The first kappa shape index (κ1) is 16.7. The number of aryl methyl sites for hydroxylation is 1. The zero-order chi connectivity index (χ0) is 17.0. The topological polar surface area (TPSA) is 81.5 Å². The number of ether oxygens (including phenoxy) is 2. The maximum Gasteiger partial charge on any atom is 0.387 e. The van der Waals surface area contributed by atoms with Crippen LogP contribution in [0.3, 0.4) is 0 Å². The Kier molecular flexibility index (Phi) is 5.16. The molecule has 7 nitrogen and oxygen atoms in total. The normalized spacial score (nSPS) is 11.2. The Morgan fingerprint density at radius 3 is 2.87 bits per heavy atom. The summed E-state index contributed by atoms with van der Waals surface area (Å²) >= 11 is 4.92. The van der Waals surface area contributed by atoms with Gasteiger partial charge >= 0.3 is 6.61 Å². The lowest BCUT2D eigenvalue weighted by Gasteiger charge is -2.12. The number of para-hydroxylation sites is 1. The Hall–Kier alpha value is -2.62. The summed E-state index contributed by atoms with van der Waals surface area (Å²) in [5, 5.41) is 10.1. The van der Waals surface area contributed by atoms with Gasteiger partial charge in [0.05, 0.1) is 13.3 Å². The molecule has 0 saturated carbocycles. The van der Waals surface area contributed by atoms with Crippen LogP contribution >= 0.6 is 12.2 Å². The average molecular weight is 342 g/mol. The fourth-order valence-corrected chi connectivity index (χ4v) is 1.88. The summed E-state index contributed by atoms with van der Waals surface area (Å²) in [5.41, 5.74) is -0.171. The summed E-state index contributed by atoms with van der Waals surface area (Å²) in [6, 6.07) is 4.51. The number of aromatic amines is 1. The molecule has 0 aliphatic heterocycles. The van der Waals surface area contributed by atoms with E-state index < -0.39 is 12.2 Å². The average Bonchev–Trinajstić information content (AvgIpc) is 2.51. The van der Waals surface area contributed by atoms with Crippen molar-refractivity contribution >= 4 is 18.4 Å². The van der Waals surface area contributed by atoms with E-state index in [0.717, 1.165) is 4.68 Å². The molecule has 122 valence electrons. The lowest BCUT2D eigenvalue weighted by atomic mass is 10.2. The molecule has 0 spiro atoms. The second-order valence-corrected chi connectivity index (χ2v) is 4.62. The molecular formula is C13H12F2N4O3S. The third-order valence-electron chi connectivity index (χ3n) is 2.76. The highest BCUT2D eigenvalue weighted by molar-refractivity contribution is 7.71. The van der Waals surface area contributed by atoms with Gasteiger partial charge in [0.15, 0.2) is 11.5 Å². The lowest BCUT2D eigenvalue weighted by Crippen LogP contribution is -2.22. The molecule has 0 saturated heterocycles. The molecule has 23 heavy (non-hydrogen) atoms. The third-order valence-corrected chi connectivity index (χ3v) is 3.03. The number of rotatable bonds is 5. The Balaban J connectivity index is 2.50. The van der Waals surface area contributed by atoms with Gasteiger partial charge in [0.1, 0.15) is 5.69 Å². The standard InChI is InChI=1S/C13H12F2N4O3S/c1-7-11(20)19(13(23)18-17-7)16-6-8-4-3-5-9(21-2)10(8)22-12(14)15/h3-6,12H,1-2H3,(H,18,23)/b16-6-. The van der Waals surface area contributed by atoms with E-state index in [2.05, 4.69) is 20.0 Å². The number of nitrogens with zero attached hydrogens (tertiary/aromatic N) is 3. The van der Waals surface area contributed by atoms with E-state index in [4.69, 9.17) is 17.0 Å². The fraction of sp³-hybridized carbons (Fsp3) is 0.231. The summed E-state index contributed by atoms with van der Waals surface area (Å²) in [4.78, 5) is 11.9. The maximum atomic E-state index is 12.6. The summed E-state index contributed by atoms with van der Waals surface area (Å²) < 4.78 is 35.4. The van der Waals surface area contributed by atoms with Gasteiger partial charge in [-0.15, -0.1) is 0 Å². The minimum absolute atomic E-state index is 0.0314. The lowest BCUT2D eigenvalue weighted by molar-refractivity contribution is -0.0513. The fourth-order valence-electron chi connectivity index (χ4n) is 1.71. The van der Waals surface area contributed by atoms with E-state index in [-0.39, 0.29) is 27.5 Å². The minimum atomic E-state index is -3.04. The van der Waals surface area contributed by atoms with Gasteiger partial charge in [0.25, 0.3) is 5.56 Å². The van der Waals surface area contributed by atoms with Gasteiger partial charge in [-0.25, -0.2) is 0 Å². The van der Waals surface area contributed by atoms with Crippen molar-refractivity contribution in [3.05, 3.63) is 44.6 Å². The molecule has 0 unspecified atom stereocenters. The Bertz CT molecular complexity index is 848. The van der Waals surface area contributed by atoms with Crippen LogP contribution in [0.4, 0.5) is 8.78 Å². The first-order valence-electron chi connectivity index (χ1n) is 6.28. The molecular weight excluding hydrogens is 330 g/mol. The van der Waals surface area contributed by atoms with Crippen molar-refractivity contribution in [2.45, 2.75) is 13.5 Å². The predicted molar refractivity (Wildman–Crippen MR) is 81.0 cm³/mol. The quantitative estimate of drug-likeness (QED) is 0.665. The summed E-state index contributed by atoms with van der Waals surface area (Å²) in [7, 11) is 1.32. The van der Waals surface area contributed by atoms with Gasteiger partial charge < -0.3 is 9.47 Å². The van der Waals surface area contributed by atoms with Crippen molar-refractivity contribution in [3.8, 4) is 11.5 Å². The third kappa shape index (κ3) is 3.77. The van der Waals surface area contributed by atoms with Gasteiger partial charge in [0.2, 0.25) is 4.77 Å². The molecule has 0 atom stereocenters. The van der Waals surface area contributed by atoms with E-state index in [1.165, 1.54) is 32.4 Å². The number of hydrogen-bond donors (Lipinski definition) is 1. The molecule has 0 aliphatic carbocycles. The maximum absolute atomic E-state index is 12.6. The van der Waals surface area contributed by atoms with Crippen molar-refractivity contribution in [2.75, 3.05) is 7.11 Å². The molecule has 2 rings (SSSR count). The molecule has 1 heterocycles. The Morgan fingerprint density at radius 1 is 1.48 bits per heavy atom. The largest absolute Gasteiger partial charge is 0.493 e. The first-order valence-corrected chi connectivity index (χ1v) is 6.69. The van der Waals surface area contributed by atoms with Gasteiger partial charge in [-0.1, -0.05) is 6.07 Å². The summed E-state index contributed by atoms with van der Waals surface area (Å²) in [6.07, 6.45) is 1.17. The van der Waals surface area contributed by atoms with Crippen LogP contribution < -0.4 is 15.0 Å². The van der Waals surface area contributed by atoms with Gasteiger partial charge in [-0.2, -0.15) is 23.7 Å². The van der Waals surface area contributed by atoms with Crippen LogP contribution in [0.15, 0.2) is 28.1 Å². The number of aromatic nitrogens is 3. The highest BCUT2D eigenvalue weighted by Gasteiger charge is 2.14. The molecule has 0 aliphatic rings. The van der Waals surface area contributed by atoms with Crippen LogP contribution in [0.1, 0.15) is 11.3 Å². The zero-order valence-corrected chi connectivity index (χ0v) is 12.9. The van der Waals surface area contributed by atoms with Crippen molar-refractivity contribution < 1.29 is 18.3 Å². The smallest absolute Gasteiger partial charge is 0.387 e. The highest BCUT2D eigenvalue weighted by atomic mass is 32.1. The van der Waals surface area contributed by atoms with E-state index in [1.807, 2.05) is 0 Å². The molecule has 10 heteroatoms. The molecule has 1 aromatic heterocycles. The van der Waals surface area contributed by atoms with Crippen molar-refractivity contribution in [1.82, 2.24) is 14.9 Å². The number of nitrogens with one attached hydrogen (secondary N) is 1. The van der Waals surface area contributed by atoms with Crippen LogP contribution in [-0.4, -0.2) is 34.8 Å². The van der Waals surface area contributed by atoms with E-state index in [9.17, 15) is 13.6 Å². The SMILES string of the molecule is COc1cccc(/C=N\n2c(=S)[nH]nc(C)c2=O)c1OC(F)F. The number of halogens is 2. The van der Waals surface area contributed by atoms with Crippen molar-refractivity contribution in [2.24, 2.45) is 5.10 Å². The van der Waals surface area contributed by atoms with Gasteiger partial charge in [-0.3, -0.25) is 9.89 Å². The zero-order valence-electron chi connectivity index (χ0n) is 12.1. The van der Waals surface area contributed by atoms with Gasteiger partial charge in [-0.05, 0) is 31.3 Å². The number of methoxy groups -OCH3 is 1. The monoisotopic (exact) mass is 342 g/mol. The second kappa shape index (κ2) is 7.09. The minimum Gasteiger partial charge on any atom is -0.493 e. The van der Waals surface area contributed by atoms with Crippen LogP contribution in [0, 0.1) is 11.7 Å². The van der Waals surface area contributed by atoms with Crippen LogP contribution in [-0.2, 0) is 0 Å². The van der Waals surface area contributed by atoms with Gasteiger partial charge in [0, 0.05) is 5.56 Å². The second-order valence-electron chi connectivity index (χ2n) is 4.23. The molecule has 0 amide bonds. The molecule has 0 bridgehead atoms. The summed E-state index contributed by atoms with van der Waals surface area (Å²) in [6.45, 7) is -1.55. The molecule has 2 aromatic rings. The predicted octanol–water partition coefficient (Wildman–Crippen LogP) is 2.10. The highest BCUT2D eigenvalue weighted by Crippen LogP contribution is 2.31. The van der Waals surface area contributed by atoms with E-state index in [0.29, 0.717) is 0 Å². The number of hydrogen-bond acceptors (Lipinski definition) is 6. The number of H-pyrrole nitrogens is 1. The van der Waals surface area contributed by atoms with E-state index in [1.54, 1.807) is 6.07 Å². The number of benzene rings is 1. The molecule has 0 fully saturated rings. The van der Waals surface area contributed by atoms with E-state index >= 15 is 0 Å². The van der Waals surface area contributed by atoms with Crippen LogP contribution in [0.2, 0.25) is 0 Å². The molecule has 1 aromatic carbocycles.